The molecular weight excluding hydrogens is 400 g/mol. The number of hydrogen-bond donors (Lipinski definition) is 2. The Hall–Kier alpha value is -1.66. The second-order valence-electron chi connectivity index (χ2n) is 4.31. The SMILES string of the molecule is O=C(Cc1ccc(Br)cc1)N/N=C\c1ccc(O)c(Br)c1. The average Bonchev–Trinajstić information content (AvgIpc) is 2.45. The lowest BCUT2D eigenvalue weighted by molar-refractivity contribution is -0.120. The van der Waals surface area contributed by atoms with Crippen molar-refractivity contribution < 1.29 is 9.90 Å². The van der Waals surface area contributed by atoms with E-state index in [4.69, 9.17) is 0 Å². The van der Waals surface area contributed by atoms with Gasteiger partial charge in [-0.15, -0.1) is 0 Å². The van der Waals surface area contributed by atoms with E-state index in [2.05, 4.69) is 42.4 Å². The molecule has 0 spiro atoms. The monoisotopic (exact) mass is 410 g/mol. The van der Waals surface area contributed by atoms with Crippen LogP contribution in [-0.2, 0) is 11.2 Å². The van der Waals surface area contributed by atoms with Crippen molar-refractivity contribution in [1.82, 2.24) is 5.43 Å². The molecule has 0 unspecified atom stereocenters. The maximum atomic E-state index is 11.7. The number of phenolic OH excluding ortho intramolecular Hbond substituents is 1. The highest BCUT2D eigenvalue weighted by atomic mass is 79.9. The van der Waals surface area contributed by atoms with Crippen molar-refractivity contribution in [2.24, 2.45) is 5.10 Å². The fraction of sp³-hybridized carbons (Fsp3) is 0.0667. The van der Waals surface area contributed by atoms with Gasteiger partial charge in [-0.3, -0.25) is 4.79 Å². The molecule has 0 aliphatic rings. The Balaban J connectivity index is 1.89. The third-order valence-corrected chi connectivity index (χ3v) is 3.82. The van der Waals surface area contributed by atoms with Gasteiger partial charge in [-0.2, -0.15) is 5.10 Å². The zero-order chi connectivity index (χ0) is 15.2. The summed E-state index contributed by atoms with van der Waals surface area (Å²) >= 11 is 6.56. The normalized spacial score (nSPS) is 10.8. The zero-order valence-electron chi connectivity index (χ0n) is 10.9. The number of carbonyl (C=O) groups is 1. The molecule has 2 rings (SSSR count). The summed E-state index contributed by atoms with van der Waals surface area (Å²) in [6, 6.07) is 12.5. The van der Waals surface area contributed by atoms with Gasteiger partial charge in [-0.05, 0) is 57.4 Å². The highest BCUT2D eigenvalue weighted by Crippen LogP contribution is 2.23. The van der Waals surface area contributed by atoms with Gasteiger partial charge in [0, 0.05) is 4.47 Å². The molecule has 2 N–H and O–H groups in total. The van der Waals surface area contributed by atoms with Gasteiger partial charge in [0.05, 0.1) is 17.1 Å². The first-order valence-corrected chi connectivity index (χ1v) is 7.68. The Bertz CT molecular complexity index is 670. The van der Waals surface area contributed by atoms with Crippen molar-refractivity contribution in [2.45, 2.75) is 6.42 Å². The minimum atomic E-state index is -0.189. The summed E-state index contributed by atoms with van der Waals surface area (Å²) in [6.45, 7) is 0. The molecule has 2 aromatic carbocycles. The number of hydrazone groups is 1. The van der Waals surface area contributed by atoms with Crippen molar-refractivity contribution in [3.05, 3.63) is 62.5 Å². The summed E-state index contributed by atoms with van der Waals surface area (Å²) in [4.78, 5) is 11.7. The first-order valence-electron chi connectivity index (χ1n) is 6.09. The maximum Gasteiger partial charge on any atom is 0.244 e. The fourth-order valence-corrected chi connectivity index (χ4v) is 2.27. The van der Waals surface area contributed by atoms with Crippen LogP contribution in [0, 0.1) is 0 Å². The molecule has 21 heavy (non-hydrogen) atoms. The van der Waals surface area contributed by atoms with E-state index in [0.717, 1.165) is 15.6 Å². The number of nitrogens with zero attached hydrogens (tertiary/aromatic N) is 1. The first-order chi connectivity index (χ1) is 10.0. The van der Waals surface area contributed by atoms with Gasteiger partial charge in [-0.1, -0.05) is 28.1 Å². The number of phenols is 1. The van der Waals surface area contributed by atoms with Crippen molar-refractivity contribution in [1.29, 1.82) is 0 Å². The van der Waals surface area contributed by atoms with Crippen LogP contribution < -0.4 is 5.43 Å². The molecule has 0 aliphatic heterocycles. The first kappa shape index (κ1) is 15.7. The number of hydrogen-bond acceptors (Lipinski definition) is 3. The van der Waals surface area contributed by atoms with E-state index in [0.29, 0.717) is 4.47 Å². The lowest BCUT2D eigenvalue weighted by Gasteiger charge is -2.01. The van der Waals surface area contributed by atoms with Crippen LogP contribution in [0.1, 0.15) is 11.1 Å². The summed E-state index contributed by atoms with van der Waals surface area (Å²) in [5.74, 6) is -0.0298. The van der Waals surface area contributed by atoms with Gasteiger partial charge >= 0.3 is 0 Å². The van der Waals surface area contributed by atoms with Gasteiger partial charge in [0.25, 0.3) is 0 Å². The van der Waals surface area contributed by atoms with Gasteiger partial charge in [-0.25, -0.2) is 5.43 Å². The van der Waals surface area contributed by atoms with Crippen LogP contribution in [0.5, 0.6) is 5.75 Å². The molecule has 0 fully saturated rings. The van der Waals surface area contributed by atoms with Crippen molar-refractivity contribution in [3.63, 3.8) is 0 Å². The van der Waals surface area contributed by atoms with Gasteiger partial charge in [0.2, 0.25) is 5.91 Å². The second kappa shape index (κ2) is 7.38. The molecule has 0 saturated carbocycles. The predicted molar refractivity (Wildman–Crippen MR) is 89.4 cm³/mol. The minimum Gasteiger partial charge on any atom is -0.507 e. The number of aromatic hydroxyl groups is 1. The van der Waals surface area contributed by atoms with E-state index in [1.54, 1.807) is 18.2 Å². The van der Waals surface area contributed by atoms with Crippen LogP contribution in [-0.4, -0.2) is 17.2 Å². The Morgan fingerprint density at radius 3 is 2.57 bits per heavy atom. The molecular formula is C15H12Br2N2O2. The highest BCUT2D eigenvalue weighted by Gasteiger charge is 2.02. The van der Waals surface area contributed by atoms with E-state index >= 15 is 0 Å². The molecule has 0 radical (unpaired) electrons. The van der Waals surface area contributed by atoms with Crippen molar-refractivity contribution in [2.75, 3.05) is 0 Å². The fourth-order valence-electron chi connectivity index (χ4n) is 1.61. The Morgan fingerprint density at radius 1 is 1.19 bits per heavy atom. The molecule has 0 aromatic heterocycles. The van der Waals surface area contributed by atoms with Crippen molar-refractivity contribution >= 4 is 44.0 Å². The van der Waals surface area contributed by atoms with Gasteiger partial charge < -0.3 is 5.11 Å². The number of benzene rings is 2. The maximum absolute atomic E-state index is 11.7. The predicted octanol–water partition coefficient (Wildman–Crippen LogP) is 3.61. The van der Waals surface area contributed by atoms with E-state index in [1.807, 2.05) is 24.3 Å². The third kappa shape index (κ3) is 4.99. The van der Waals surface area contributed by atoms with Crippen LogP contribution >= 0.6 is 31.9 Å². The largest absolute Gasteiger partial charge is 0.507 e. The Kier molecular flexibility index (Phi) is 5.52. The molecule has 0 aliphatic carbocycles. The topological polar surface area (TPSA) is 61.7 Å². The van der Waals surface area contributed by atoms with Crippen LogP contribution in [0.25, 0.3) is 0 Å². The minimum absolute atomic E-state index is 0.159. The molecule has 2 aromatic rings. The molecule has 0 heterocycles. The second-order valence-corrected chi connectivity index (χ2v) is 6.08. The average molecular weight is 412 g/mol. The van der Waals surface area contributed by atoms with Crippen molar-refractivity contribution in [3.8, 4) is 5.75 Å². The molecule has 1 amide bonds. The lowest BCUT2D eigenvalue weighted by Crippen LogP contribution is -2.19. The zero-order valence-corrected chi connectivity index (χ0v) is 14.1. The number of carbonyl (C=O) groups excluding carboxylic acids is 1. The molecule has 108 valence electrons. The van der Waals surface area contributed by atoms with E-state index in [1.165, 1.54) is 6.21 Å². The van der Waals surface area contributed by atoms with E-state index < -0.39 is 0 Å². The Labute approximate surface area is 139 Å². The smallest absolute Gasteiger partial charge is 0.244 e. The van der Waals surface area contributed by atoms with Crippen LogP contribution in [0.4, 0.5) is 0 Å². The summed E-state index contributed by atoms with van der Waals surface area (Å²) in [5, 5.41) is 13.3. The van der Waals surface area contributed by atoms with Gasteiger partial charge in [0.15, 0.2) is 0 Å². The molecule has 0 saturated heterocycles. The number of nitrogens with one attached hydrogen (secondary N) is 1. The van der Waals surface area contributed by atoms with Crippen LogP contribution in [0.2, 0.25) is 0 Å². The molecule has 4 nitrogen and oxygen atoms in total. The molecule has 6 heteroatoms. The number of halogens is 2. The highest BCUT2D eigenvalue weighted by molar-refractivity contribution is 9.10. The van der Waals surface area contributed by atoms with E-state index in [-0.39, 0.29) is 18.1 Å². The summed E-state index contributed by atoms with van der Waals surface area (Å²) in [7, 11) is 0. The summed E-state index contributed by atoms with van der Waals surface area (Å²) in [6.07, 6.45) is 1.79. The Morgan fingerprint density at radius 2 is 1.90 bits per heavy atom. The molecule has 0 bridgehead atoms. The number of rotatable bonds is 4. The molecule has 0 atom stereocenters. The lowest BCUT2D eigenvalue weighted by atomic mass is 10.1. The standard InChI is InChI=1S/C15H12Br2N2O2/c16-12-4-1-10(2-5-12)8-15(21)19-18-9-11-3-6-14(20)13(17)7-11/h1-7,9,20H,8H2,(H,19,21)/b18-9-. The summed E-state index contributed by atoms with van der Waals surface area (Å²) < 4.78 is 1.55. The van der Waals surface area contributed by atoms with Gasteiger partial charge in [0.1, 0.15) is 5.75 Å². The van der Waals surface area contributed by atoms with Crippen LogP contribution in [0.15, 0.2) is 56.5 Å². The summed E-state index contributed by atoms with van der Waals surface area (Å²) in [5.41, 5.74) is 4.15. The third-order valence-electron chi connectivity index (χ3n) is 2.65. The number of amides is 1. The van der Waals surface area contributed by atoms with E-state index in [9.17, 15) is 9.90 Å². The quantitative estimate of drug-likeness (QED) is 0.596. The van der Waals surface area contributed by atoms with Crippen LogP contribution in [0.3, 0.4) is 0 Å².